The molecule has 1 saturated heterocycles. The smallest absolute Gasteiger partial charge is 0.410 e. The predicted octanol–water partition coefficient (Wildman–Crippen LogP) is 4.71. The molecule has 0 aliphatic carbocycles. The van der Waals surface area contributed by atoms with Crippen LogP contribution in [0.3, 0.4) is 0 Å². The second-order valence-corrected chi connectivity index (χ2v) is 10.2. The van der Waals surface area contributed by atoms with E-state index in [0.29, 0.717) is 36.2 Å². The van der Waals surface area contributed by atoms with Crippen LogP contribution >= 0.6 is 0 Å². The van der Waals surface area contributed by atoms with Crippen molar-refractivity contribution in [3.8, 4) is 0 Å². The highest BCUT2D eigenvalue weighted by Gasteiger charge is 2.33. The number of anilines is 2. The van der Waals surface area contributed by atoms with Gasteiger partial charge in [0.1, 0.15) is 11.4 Å². The first-order valence-electron chi connectivity index (χ1n) is 12.0. The van der Waals surface area contributed by atoms with Gasteiger partial charge in [-0.1, -0.05) is 13.8 Å². The Bertz CT molecular complexity index is 1280. The molecular weight excluding hydrogens is 456 g/mol. The predicted molar refractivity (Wildman–Crippen MR) is 141 cm³/mol. The molecule has 3 aromatic heterocycles. The normalized spacial score (nSPS) is 15.2. The van der Waals surface area contributed by atoms with E-state index in [9.17, 15) is 4.79 Å². The molecule has 0 saturated carbocycles. The van der Waals surface area contributed by atoms with Gasteiger partial charge in [-0.05, 0) is 62.1 Å². The molecule has 0 spiro atoms. The van der Waals surface area contributed by atoms with Crippen LogP contribution in [-0.2, 0) is 4.74 Å². The average molecular weight is 489 g/mol. The Morgan fingerprint density at radius 2 is 1.94 bits per heavy atom. The lowest BCUT2D eigenvalue weighted by Gasteiger charge is -2.37. The molecule has 0 bridgehead atoms. The van der Waals surface area contributed by atoms with Gasteiger partial charge in [0.2, 0.25) is 0 Å². The summed E-state index contributed by atoms with van der Waals surface area (Å²) in [5.41, 5.74) is 2.83. The van der Waals surface area contributed by atoms with Crippen LogP contribution in [-0.4, -0.2) is 68.3 Å². The number of amides is 1. The van der Waals surface area contributed by atoms with Crippen LogP contribution in [0, 0.1) is 5.41 Å². The summed E-state index contributed by atoms with van der Waals surface area (Å²) in [6, 6.07) is 7.61. The number of nitrogens with one attached hydrogen (secondary N) is 2. The van der Waals surface area contributed by atoms with E-state index in [1.807, 2.05) is 45.0 Å². The lowest BCUT2D eigenvalue weighted by Crippen LogP contribution is -2.54. The van der Waals surface area contributed by atoms with E-state index < -0.39 is 5.60 Å². The van der Waals surface area contributed by atoms with Crippen molar-refractivity contribution in [3.05, 3.63) is 47.8 Å². The Morgan fingerprint density at radius 3 is 2.64 bits per heavy atom. The van der Waals surface area contributed by atoms with E-state index in [1.54, 1.807) is 23.5 Å². The number of fused-ring (bicyclic) bond motifs is 1. The molecule has 1 fully saturated rings. The summed E-state index contributed by atoms with van der Waals surface area (Å²) in [7, 11) is 0. The molecule has 188 valence electrons. The van der Waals surface area contributed by atoms with Gasteiger partial charge in [-0.2, -0.15) is 5.10 Å². The number of pyridine rings is 2. The van der Waals surface area contributed by atoms with Gasteiger partial charge in [0.15, 0.2) is 5.82 Å². The zero-order valence-electron chi connectivity index (χ0n) is 21.3. The molecule has 10 nitrogen and oxygen atoms in total. The summed E-state index contributed by atoms with van der Waals surface area (Å²) in [6.45, 7) is 10.8. The van der Waals surface area contributed by atoms with Crippen molar-refractivity contribution in [3.63, 3.8) is 0 Å². The Morgan fingerprint density at radius 1 is 1.17 bits per heavy atom. The summed E-state index contributed by atoms with van der Waals surface area (Å²) in [4.78, 5) is 27.5. The maximum absolute atomic E-state index is 12.1. The minimum absolute atomic E-state index is 0.00924. The first kappa shape index (κ1) is 25.2. The molecule has 1 atom stereocenters. The SMILES string of the molecule is CC(C)c1cnnc(Nc2ccc3ncc(C(C=N)C=NC4CN(C(=O)OC(C)(C)C)C4)cc3n2)c1. The molecular formula is C26H32N8O2. The van der Waals surface area contributed by atoms with Gasteiger partial charge in [-0.3, -0.25) is 9.98 Å². The lowest BCUT2D eigenvalue weighted by molar-refractivity contribution is 0.00909. The van der Waals surface area contributed by atoms with Crippen LogP contribution in [0.1, 0.15) is 57.6 Å². The Labute approximate surface area is 210 Å². The van der Waals surface area contributed by atoms with Crippen LogP contribution in [0.5, 0.6) is 0 Å². The second-order valence-electron chi connectivity index (χ2n) is 10.2. The first-order valence-corrected chi connectivity index (χ1v) is 12.0. The third-order valence-corrected chi connectivity index (χ3v) is 5.69. The molecule has 10 heteroatoms. The molecule has 0 radical (unpaired) electrons. The van der Waals surface area contributed by atoms with E-state index in [1.165, 1.54) is 6.21 Å². The van der Waals surface area contributed by atoms with Crippen molar-refractivity contribution < 1.29 is 9.53 Å². The molecule has 1 aliphatic rings. The summed E-state index contributed by atoms with van der Waals surface area (Å²) in [5.74, 6) is 1.26. The molecule has 2 N–H and O–H groups in total. The third kappa shape index (κ3) is 6.18. The summed E-state index contributed by atoms with van der Waals surface area (Å²) in [6.07, 6.45) is 6.24. The lowest BCUT2D eigenvalue weighted by atomic mass is 10.0. The van der Waals surface area contributed by atoms with Crippen LogP contribution in [0.25, 0.3) is 11.0 Å². The van der Waals surface area contributed by atoms with Crippen LogP contribution in [0.2, 0.25) is 0 Å². The highest BCUT2D eigenvalue weighted by molar-refractivity contribution is 5.90. The fraction of sp³-hybridized carbons (Fsp3) is 0.423. The number of aliphatic imine (C=N–C) groups is 1. The van der Waals surface area contributed by atoms with Crippen molar-refractivity contribution in [2.45, 2.75) is 58.1 Å². The maximum Gasteiger partial charge on any atom is 0.410 e. The Hall–Kier alpha value is -3.95. The number of hydrogen-bond donors (Lipinski definition) is 2. The fourth-order valence-electron chi connectivity index (χ4n) is 3.63. The standard InChI is InChI=1S/C26H32N8O2/c1-16(2)17-9-24(33-30-13-17)32-23-7-6-21-22(31-23)8-18(11-29-21)19(10-27)12-28-20-14-34(15-20)25(35)36-26(3,4)5/h6-13,16,19-20,27H,14-15H2,1-5H3,(H,31,32,33). The number of ether oxygens (including phenoxy) is 1. The average Bonchev–Trinajstić information content (AvgIpc) is 2.79. The van der Waals surface area contributed by atoms with Crippen molar-refractivity contribution >= 4 is 41.2 Å². The van der Waals surface area contributed by atoms with Crippen LogP contribution in [0.15, 0.2) is 41.7 Å². The van der Waals surface area contributed by atoms with Gasteiger partial charge < -0.3 is 20.4 Å². The number of hydrogen-bond acceptors (Lipinski definition) is 9. The quantitative estimate of drug-likeness (QED) is 0.461. The number of carbonyl (C=O) groups excluding carboxylic acids is 1. The third-order valence-electron chi connectivity index (χ3n) is 5.69. The number of aromatic nitrogens is 4. The Balaban J connectivity index is 1.44. The summed E-state index contributed by atoms with van der Waals surface area (Å²) in [5, 5.41) is 19.3. The monoisotopic (exact) mass is 488 g/mol. The molecule has 4 heterocycles. The number of nitrogens with zero attached hydrogens (tertiary/aromatic N) is 6. The maximum atomic E-state index is 12.1. The largest absolute Gasteiger partial charge is 0.444 e. The first-order chi connectivity index (χ1) is 17.1. The highest BCUT2D eigenvalue weighted by atomic mass is 16.6. The van der Waals surface area contributed by atoms with E-state index in [0.717, 1.165) is 16.6 Å². The van der Waals surface area contributed by atoms with E-state index >= 15 is 0 Å². The number of likely N-dealkylation sites (tertiary alicyclic amines) is 1. The molecule has 3 aromatic rings. The minimum atomic E-state index is -0.519. The minimum Gasteiger partial charge on any atom is -0.444 e. The fourth-order valence-corrected chi connectivity index (χ4v) is 3.63. The second kappa shape index (κ2) is 10.3. The summed E-state index contributed by atoms with van der Waals surface area (Å²) < 4.78 is 5.38. The van der Waals surface area contributed by atoms with Crippen LogP contribution < -0.4 is 5.32 Å². The van der Waals surface area contributed by atoms with E-state index in [-0.39, 0.29) is 18.1 Å². The number of rotatable bonds is 7. The van der Waals surface area contributed by atoms with Crippen molar-refractivity contribution in [1.29, 1.82) is 5.41 Å². The molecule has 1 amide bonds. The van der Waals surface area contributed by atoms with Crippen LogP contribution in [0.4, 0.5) is 16.4 Å². The van der Waals surface area contributed by atoms with Crippen molar-refractivity contribution in [1.82, 2.24) is 25.1 Å². The number of carbonyl (C=O) groups is 1. The van der Waals surface area contributed by atoms with Gasteiger partial charge in [0.25, 0.3) is 0 Å². The summed E-state index contributed by atoms with van der Waals surface area (Å²) >= 11 is 0. The van der Waals surface area contributed by atoms with Crippen molar-refractivity contribution in [2.75, 3.05) is 18.4 Å². The highest BCUT2D eigenvalue weighted by Crippen LogP contribution is 2.23. The van der Waals surface area contributed by atoms with Gasteiger partial charge in [-0.15, -0.1) is 5.10 Å². The molecule has 1 aliphatic heterocycles. The topological polar surface area (TPSA) is 129 Å². The molecule has 36 heavy (non-hydrogen) atoms. The Kier molecular flexibility index (Phi) is 7.23. The van der Waals surface area contributed by atoms with Crippen molar-refractivity contribution in [2.24, 2.45) is 4.99 Å². The molecule has 4 rings (SSSR count). The van der Waals surface area contributed by atoms with Gasteiger partial charge in [-0.25, -0.2) is 9.78 Å². The molecule has 1 unspecified atom stereocenters. The van der Waals surface area contributed by atoms with E-state index in [4.69, 9.17) is 10.1 Å². The zero-order chi connectivity index (χ0) is 25.9. The molecule has 0 aromatic carbocycles. The zero-order valence-corrected chi connectivity index (χ0v) is 21.3. The van der Waals surface area contributed by atoms with E-state index in [2.05, 4.69) is 44.3 Å². The van der Waals surface area contributed by atoms with Gasteiger partial charge in [0.05, 0.1) is 29.2 Å². The van der Waals surface area contributed by atoms with Gasteiger partial charge >= 0.3 is 6.09 Å². The van der Waals surface area contributed by atoms with Gasteiger partial charge in [0, 0.05) is 31.7 Å².